The van der Waals surface area contributed by atoms with Crippen molar-refractivity contribution in [1.82, 2.24) is 14.9 Å². The van der Waals surface area contributed by atoms with Gasteiger partial charge in [-0.25, -0.2) is 9.37 Å². The number of para-hydroxylation sites is 1. The molecule has 1 N–H and O–H groups in total. The highest BCUT2D eigenvalue weighted by Gasteiger charge is 2.55. The summed E-state index contributed by atoms with van der Waals surface area (Å²) in [4.78, 5) is 22.6. The van der Waals surface area contributed by atoms with E-state index in [4.69, 9.17) is 0 Å². The van der Waals surface area contributed by atoms with Gasteiger partial charge in [-0.15, -0.1) is 0 Å². The number of nitrogens with zero attached hydrogens (tertiary/aromatic N) is 2. The number of H-pyrrole nitrogens is 1. The van der Waals surface area contributed by atoms with Gasteiger partial charge in [0.1, 0.15) is 11.3 Å². The quantitative estimate of drug-likeness (QED) is 0.902. The lowest BCUT2D eigenvalue weighted by atomic mass is 9.95. The van der Waals surface area contributed by atoms with Crippen LogP contribution in [0.3, 0.4) is 0 Å². The van der Waals surface area contributed by atoms with Crippen LogP contribution in [0.15, 0.2) is 18.2 Å². The predicted octanol–water partition coefficient (Wildman–Crippen LogP) is 3.84. The standard InChI is InChI=1S/C20H24FN3O/c21-15-6-3-7-16-18(15)23-19(22-16)12-8-10-24(11-9-12)20(25)17-13-4-1-2-5-14(13)17/h3,6-7,12-14,17H,1-2,4-5,8-11H2,(H,22,23)/t13-,14-/m1/s1. The summed E-state index contributed by atoms with van der Waals surface area (Å²) in [5, 5.41) is 0. The number of hydrogen-bond acceptors (Lipinski definition) is 2. The number of benzene rings is 1. The highest BCUT2D eigenvalue weighted by molar-refractivity contribution is 5.82. The molecule has 1 aromatic carbocycles. The van der Waals surface area contributed by atoms with Crippen LogP contribution in [0.5, 0.6) is 0 Å². The molecule has 0 bridgehead atoms. The second-order valence-corrected chi connectivity index (χ2v) is 8.00. The van der Waals surface area contributed by atoms with E-state index in [1.165, 1.54) is 31.7 Å². The molecule has 1 amide bonds. The number of amides is 1. The third-order valence-electron chi connectivity index (χ3n) is 6.62. The van der Waals surface area contributed by atoms with E-state index in [-0.39, 0.29) is 11.7 Å². The summed E-state index contributed by atoms with van der Waals surface area (Å²) >= 11 is 0. The first-order valence-corrected chi connectivity index (χ1v) is 9.65. The van der Waals surface area contributed by atoms with Gasteiger partial charge >= 0.3 is 0 Å². The highest BCUT2D eigenvalue weighted by Crippen LogP contribution is 2.56. The number of imidazole rings is 1. The fourth-order valence-corrected chi connectivity index (χ4v) is 5.15. The van der Waals surface area contributed by atoms with Crippen LogP contribution in [0.4, 0.5) is 4.39 Å². The van der Waals surface area contributed by atoms with Gasteiger partial charge in [0.15, 0.2) is 5.82 Å². The highest BCUT2D eigenvalue weighted by atomic mass is 19.1. The second-order valence-electron chi connectivity index (χ2n) is 8.00. The molecule has 1 aliphatic heterocycles. The van der Waals surface area contributed by atoms with Crippen molar-refractivity contribution in [3.05, 3.63) is 29.8 Å². The zero-order valence-corrected chi connectivity index (χ0v) is 14.4. The van der Waals surface area contributed by atoms with E-state index in [2.05, 4.69) is 14.9 Å². The molecule has 3 aliphatic rings. The van der Waals surface area contributed by atoms with Crippen molar-refractivity contribution < 1.29 is 9.18 Å². The molecule has 5 heteroatoms. The largest absolute Gasteiger partial charge is 0.342 e. The Morgan fingerprint density at radius 1 is 1.12 bits per heavy atom. The Kier molecular flexibility index (Phi) is 3.57. The molecule has 25 heavy (non-hydrogen) atoms. The number of halogens is 1. The molecule has 132 valence electrons. The zero-order chi connectivity index (χ0) is 17.0. The number of piperidine rings is 1. The van der Waals surface area contributed by atoms with Crippen LogP contribution in [-0.2, 0) is 4.79 Å². The normalized spacial score (nSPS) is 29.6. The van der Waals surface area contributed by atoms with Crippen molar-refractivity contribution in [3.63, 3.8) is 0 Å². The topological polar surface area (TPSA) is 49.0 Å². The molecule has 2 saturated carbocycles. The van der Waals surface area contributed by atoms with Crippen LogP contribution in [-0.4, -0.2) is 33.9 Å². The maximum atomic E-state index is 13.8. The van der Waals surface area contributed by atoms with Crippen LogP contribution in [0.25, 0.3) is 11.0 Å². The van der Waals surface area contributed by atoms with Crippen molar-refractivity contribution in [2.75, 3.05) is 13.1 Å². The Bertz CT molecular complexity index is 796. The van der Waals surface area contributed by atoms with Crippen molar-refractivity contribution >= 4 is 16.9 Å². The van der Waals surface area contributed by atoms with Crippen LogP contribution < -0.4 is 0 Å². The number of nitrogens with one attached hydrogen (secondary N) is 1. The zero-order valence-electron chi connectivity index (χ0n) is 14.4. The van der Waals surface area contributed by atoms with Crippen LogP contribution in [0.1, 0.15) is 50.3 Å². The van der Waals surface area contributed by atoms with E-state index >= 15 is 0 Å². The average molecular weight is 341 g/mol. The molecule has 0 unspecified atom stereocenters. The first kappa shape index (κ1) is 15.4. The summed E-state index contributed by atoms with van der Waals surface area (Å²) in [6.45, 7) is 1.61. The van der Waals surface area contributed by atoms with Crippen LogP contribution >= 0.6 is 0 Å². The van der Waals surface area contributed by atoms with Gasteiger partial charge in [-0.2, -0.15) is 0 Å². The Hall–Kier alpha value is -1.91. The van der Waals surface area contributed by atoms with Gasteiger partial charge in [0, 0.05) is 24.9 Å². The molecular formula is C20H24FN3O. The summed E-state index contributed by atoms with van der Waals surface area (Å²) in [6, 6.07) is 5.02. The smallest absolute Gasteiger partial charge is 0.226 e. The summed E-state index contributed by atoms with van der Waals surface area (Å²) < 4.78 is 13.8. The Labute approximate surface area is 146 Å². The molecule has 0 radical (unpaired) electrons. The molecule has 2 aliphatic carbocycles. The van der Waals surface area contributed by atoms with Crippen molar-refractivity contribution in [3.8, 4) is 0 Å². The van der Waals surface area contributed by atoms with E-state index in [0.29, 0.717) is 29.2 Å². The Morgan fingerprint density at radius 3 is 2.52 bits per heavy atom. The van der Waals surface area contributed by atoms with Gasteiger partial charge in [-0.05, 0) is 49.7 Å². The van der Waals surface area contributed by atoms with Gasteiger partial charge in [0.25, 0.3) is 0 Å². The monoisotopic (exact) mass is 341 g/mol. The molecule has 4 nitrogen and oxygen atoms in total. The number of carbonyl (C=O) groups is 1. The second kappa shape index (κ2) is 5.82. The summed E-state index contributed by atoms with van der Waals surface area (Å²) in [7, 11) is 0. The van der Waals surface area contributed by atoms with E-state index in [1.54, 1.807) is 6.07 Å². The first-order chi connectivity index (χ1) is 12.2. The molecule has 2 heterocycles. The molecule has 0 spiro atoms. The van der Waals surface area contributed by atoms with E-state index in [9.17, 15) is 9.18 Å². The SMILES string of the molecule is O=C(C1[C@@H]2CCCC[C@@H]12)N1CCC(c2nc3c(F)cccc3[nH]2)CC1. The van der Waals surface area contributed by atoms with Gasteiger partial charge in [-0.1, -0.05) is 18.9 Å². The Morgan fingerprint density at radius 2 is 1.84 bits per heavy atom. The summed E-state index contributed by atoms with van der Waals surface area (Å²) in [5.41, 5.74) is 1.19. The van der Waals surface area contributed by atoms with Gasteiger partial charge in [-0.3, -0.25) is 4.79 Å². The fourth-order valence-electron chi connectivity index (χ4n) is 5.15. The van der Waals surface area contributed by atoms with Crippen LogP contribution in [0, 0.1) is 23.6 Å². The third kappa shape index (κ3) is 2.55. The average Bonchev–Trinajstić information content (AvgIpc) is 3.21. The molecule has 5 rings (SSSR count). The first-order valence-electron chi connectivity index (χ1n) is 9.65. The van der Waals surface area contributed by atoms with Crippen molar-refractivity contribution in [2.45, 2.75) is 44.4 Å². The molecule has 3 fully saturated rings. The van der Waals surface area contributed by atoms with E-state index in [1.807, 2.05) is 6.07 Å². The summed E-state index contributed by atoms with van der Waals surface area (Å²) in [6.07, 6.45) is 6.93. The summed E-state index contributed by atoms with van der Waals surface area (Å²) in [5.74, 6) is 2.95. The fraction of sp³-hybridized carbons (Fsp3) is 0.600. The Balaban J connectivity index is 1.25. The van der Waals surface area contributed by atoms with E-state index < -0.39 is 0 Å². The molecular weight excluding hydrogens is 317 g/mol. The van der Waals surface area contributed by atoms with Crippen LogP contribution in [0.2, 0.25) is 0 Å². The number of rotatable bonds is 2. The minimum Gasteiger partial charge on any atom is -0.342 e. The third-order valence-corrected chi connectivity index (χ3v) is 6.62. The predicted molar refractivity (Wildman–Crippen MR) is 93.5 cm³/mol. The number of fused-ring (bicyclic) bond motifs is 2. The number of aromatic amines is 1. The maximum absolute atomic E-state index is 13.8. The number of carbonyl (C=O) groups excluding carboxylic acids is 1. The molecule has 2 aromatic rings. The lowest BCUT2D eigenvalue weighted by Gasteiger charge is -2.31. The number of aromatic nitrogens is 2. The minimum absolute atomic E-state index is 0.274. The molecule has 2 atom stereocenters. The number of hydrogen-bond donors (Lipinski definition) is 1. The van der Waals surface area contributed by atoms with Gasteiger partial charge in [0.2, 0.25) is 5.91 Å². The lowest BCUT2D eigenvalue weighted by molar-refractivity contribution is -0.134. The van der Waals surface area contributed by atoms with Gasteiger partial charge in [0.05, 0.1) is 5.52 Å². The molecule has 1 saturated heterocycles. The van der Waals surface area contributed by atoms with Gasteiger partial charge < -0.3 is 9.88 Å². The number of likely N-dealkylation sites (tertiary alicyclic amines) is 1. The lowest BCUT2D eigenvalue weighted by Crippen LogP contribution is -2.39. The minimum atomic E-state index is -0.274. The molecule has 1 aromatic heterocycles. The maximum Gasteiger partial charge on any atom is 0.226 e. The van der Waals surface area contributed by atoms with Crippen molar-refractivity contribution in [1.29, 1.82) is 0 Å². The van der Waals surface area contributed by atoms with Crippen molar-refractivity contribution in [2.24, 2.45) is 17.8 Å². The van der Waals surface area contributed by atoms with E-state index in [0.717, 1.165) is 37.3 Å².